The molecule has 3 aromatic rings. The lowest BCUT2D eigenvalue weighted by atomic mass is 10.0. The van der Waals surface area contributed by atoms with E-state index in [2.05, 4.69) is 6.07 Å². The van der Waals surface area contributed by atoms with Gasteiger partial charge in [-0.05, 0) is 43.5 Å². The van der Waals surface area contributed by atoms with Crippen molar-refractivity contribution in [2.45, 2.75) is 35.9 Å². The number of fused-ring (bicyclic) bond motifs is 1. The average molecular weight is 492 g/mol. The van der Waals surface area contributed by atoms with Crippen molar-refractivity contribution in [2.75, 3.05) is 32.8 Å². The molecule has 0 spiro atoms. The molecule has 0 radical (unpaired) electrons. The Labute approximate surface area is 195 Å². The minimum atomic E-state index is -3.53. The van der Waals surface area contributed by atoms with Crippen LogP contribution in [0.15, 0.2) is 40.6 Å². The van der Waals surface area contributed by atoms with E-state index in [9.17, 15) is 13.2 Å². The predicted octanol–water partition coefficient (Wildman–Crippen LogP) is 3.68. The van der Waals surface area contributed by atoms with Crippen LogP contribution in [-0.4, -0.2) is 61.4 Å². The molecule has 2 aliphatic heterocycles. The van der Waals surface area contributed by atoms with Crippen LogP contribution in [-0.2, 0) is 26.0 Å². The second-order valence-electron chi connectivity index (χ2n) is 8.03. The fraction of sp³-hybridized carbons (Fsp3) is 0.455. The van der Waals surface area contributed by atoms with Gasteiger partial charge in [0.1, 0.15) is 9.22 Å². The normalized spacial score (nSPS) is 20.6. The largest absolute Gasteiger partial charge is 0.379 e. The van der Waals surface area contributed by atoms with Crippen LogP contribution in [0.1, 0.15) is 35.2 Å². The zero-order valence-electron chi connectivity index (χ0n) is 17.6. The molecule has 4 heterocycles. The second kappa shape index (κ2) is 9.18. The number of likely N-dealkylation sites (tertiary alicyclic amines) is 1. The number of thiazole rings is 1. The molecule has 0 aliphatic carbocycles. The minimum Gasteiger partial charge on any atom is -0.379 e. The molecule has 170 valence electrons. The number of thiophene rings is 1. The van der Waals surface area contributed by atoms with Gasteiger partial charge >= 0.3 is 0 Å². The molecule has 5 rings (SSSR count). The molecule has 2 saturated heterocycles. The highest BCUT2D eigenvalue weighted by atomic mass is 32.2. The molecule has 2 aliphatic rings. The number of rotatable bonds is 5. The van der Waals surface area contributed by atoms with Crippen LogP contribution in [0.3, 0.4) is 0 Å². The summed E-state index contributed by atoms with van der Waals surface area (Å²) in [6.07, 6.45) is 3.18. The van der Waals surface area contributed by atoms with Crippen LogP contribution in [0.4, 0.5) is 0 Å². The maximum Gasteiger partial charge on any atom is 0.252 e. The number of sulfonamides is 1. The molecule has 1 aromatic carbocycles. The number of benzene rings is 1. The van der Waals surface area contributed by atoms with Gasteiger partial charge in [-0.1, -0.05) is 12.1 Å². The van der Waals surface area contributed by atoms with Crippen molar-refractivity contribution in [1.29, 1.82) is 0 Å². The van der Waals surface area contributed by atoms with E-state index in [1.807, 2.05) is 23.1 Å². The van der Waals surface area contributed by atoms with Crippen LogP contribution in [0, 0.1) is 0 Å². The zero-order valence-corrected chi connectivity index (χ0v) is 20.1. The van der Waals surface area contributed by atoms with E-state index in [1.54, 1.807) is 23.5 Å². The smallest absolute Gasteiger partial charge is 0.252 e. The number of nitrogens with zero attached hydrogens (tertiary/aromatic N) is 3. The summed E-state index contributed by atoms with van der Waals surface area (Å²) in [6.45, 7) is 2.28. The number of amides is 1. The van der Waals surface area contributed by atoms with Gasteiger partial charge in [0.25, 0.3) is 10.0 Å². The second-order valence-corrected chi connectivity index (χ2v) is 12.4. The molecule has 2 aromatic heterocycles. The summed E-state index contributed by atoms with van der Waals surface area (Å²) in [5.41, 5.74) is 0.974. The van der Waals surface area contributed by atoms with Crippen LogP contribution in [0.25, 0.3) is 10.2 Å². The number of carbonyl (C=O) groups is 1. The summed E-state index contributed by atoms with van der Waals surface area (Å²) in [7, 11) is -3.53. The number of piperidine rings is 1. The molecular formula is C22H25N3O4S3. The number of carbonyl (C=O) groups excluding carboxylic acids is 1. The van der Waals surface area contributed by atoms with Gasteiger partial charge in [-0.3, -0.25) is 4.79 Å². The molecular weight excluding hydrogens is 466 g/mol. The Balaban J connectivity index is 1.32. The van der Waals surface area contributed by atoms with Gasteiger partial charge in [0.05, 0.1) is 35.9 Å². The van der Waals surface area contributed by atoms with Crippen LogP contribution in [0.5, 0.6) is 0 Å². The molecule has 0 bridgehead atoms. The van der Waals surface area contributed by atoms with E-state index < -0.39 is 10.0 Å². The van der Waals surface area contributed by atoms with Crippen molar-refractivity contribution in [1.82, 2.24) is 14.2 Å². The molecule has 1 amide bonds. The third-order valence-corrected chi connectivity index (χ3v) is 10.5. The maximum absolute atomic E-state index is 13.3. The van der Waals surface area contributed by atoms with Gasteiger partial charge in [-0.2, -0.15) is 4.31 Å². The fourth-order valence-electron chi connectivity index (χ4n) is 4.28. The Morgan fingerprint density at radius 2 is 1.88 bits per heavy atom. The highest BCUT2D eigenvalue weighted by Gasteiger charge is 2.32. The Morgan fingerprint density at radius 3 is 2.69 bits per heavy atom. The molecule has 0 saturated carbocycles. The van der Waals surface area contributed by atoms with Gasteiger partial charge in [0.15, 0.2) is 0 Å². The first kappa shape index (κ1) is 22.0. The molecule has 0 N–H and O–H groups in total. The summed E-state index contributed by atoms with van der Waals surface area (Å²) in [6, 6.07) is 11.4. The lowest BCUT2D eigenvalue weighted by Gasteiger charge is -2.34. The third kappa shape index (κ3) is 4.34. The van der Waals surface area contributed by atoms with Crippen LogP contribution < -0.4 is 0 Å². The molecule has 7 nitrogen and oxygen atoms in total. The van der Waals surface area contributed by atoms with E-state index in [4.69, 9.17) is 9.72 Å². The summed E-state index contributed by atoms with van der Waals surface area (Å²) in [5, 5.41) is 0.987. The Morgan fingerprint density at radius 1 is 1.06 bits per heavy atom. The van der Waals surface area contributed by atoms with Gasteiger partial charge in [0, 0.05) is 24.5 Å². The molecule has 0 unspecified atom stereocenters. The van der Waals surface area contributed by atoms with Crippen molar-refractivity contribution >= 4 is 48.8 Å². The van der Waals surface area contributed by atoms with Gasteiger partial charge < -0.3 is 9.64 Å². The first-order valence-corrected chi connectivity index (χ1v) is 13.9. The van der Waals surface area contributed by atoms with Gasteiger partial charge in [-0.25, -0.2) is 13.4 Å². The Bertz CT molecular complexity index is 1180. The minimum absolute atomic E-state index is 0.00911. The van der Waals surface area contributed by atoms with E-state index in [0.717, 1.165) is 39.4 Å². The van der Waals surface area contributed by atoms with Crippen molar-refractivity contribution in [3.8, 4) is 0 Å². The monoisotopic (exact) mass is 491 g/mol. The van der Waals surface area contributed by atoms with E-state index in [-0.39, 0.29) is 18.4 Å². The SMILES string of the molecule is O=C(Cc1ccc(S(=O)(=O)N2CCOCC2)s1)N1CCCC[C@@H]1c1nc2ccccc2s1. The van der Waals surface area contributed by atoms with Crippen molar-refractivity contribution in [3.63, 3.8) is 0 Å². The van der Waals surface area contributed by atoms with Crippen LogP contribution in [0.2, 0.25) is 0 Å². The first-order chi connectivity index (χ1) is 15.5. The van der Waals surface area contributed by atoms with Crippen molar-refractivity contribution < 1.29 is 17.9 Å². The van der Waals surface area contributed by atoms with E-state index in [0.29, 0.717) is 37.1 Å². The predicted molar refractivity (Wildman–Crippen MR) is 126 cm³/mol. The summed E-state index contributed by atoms with van der Waals surface area (Å²) >= 11 is 2.85. The van der Waals surface area contributed by atoms with Crippen LogP contribution >= 0.6 is 22.7 Å². The highest BCUT2D eigenvalue weighted by molar-refractivity contribution is 7.91. The van der Waals surface area contributed by atoms with Crippen molar-refractivity contribution in [2.24, 2.45) is 0 Å². The number of ether oxygens (including phenoxy) is 1. The Kier molecular flexibility index (Phi) is 6.31. The third-order valence-electron chi connectivity index (χ3n) is 5.95. The van der Waals surface area contributed by atoms with Crippen molar-refractivity contribution in [3.05, 3.63) is 46.3 Å². The lowest BCUT2D eigenvalue weighted by molar-refractivity contribution is -0.134. The van der Waals surface area contributed by atoms with E-state index >= 15 is 0 Å². The fourth-order valence-corrected chi connectivity index (χ4v) is 8.30. The first-order valence-electron chi connectivity index (χ1n) is 10.8. The van der Waals surface area contributed by atoms with Gasteiger partial charge in [-0.15, -0.1) is 22.7 Å². The zero-order chi connectivity index (χ0) is 22.1. The van der Waals surface area contributed by atoms with Gasteiger partial charge in [0.2, 0.25) is 5.91 Å². The number of hydrogen-bond donors (Lipinski definition) is 0. The van der Waals surface area contributed by atoms with E-state index in [1.165, 1.54) is 15.6 Å². The molecule has 10 heteroatoms. The molecule has 2 fully saturated rings. The molecule has 1 atom stereocenters. The average Bonchev–Trinajstić information content (AvgIpc) is 3.47. The topological polar surface area (TPSA) is 79.8 Å². The number of morpholine rings is 1. The standard InChI is InChI=1S/C22H25N3O4S3/c26-20(15-16-8-9-21(30-16)32(27,28)24-11-13-29-14-12-24)25-10-4-3-6-18(25)22-23-17-5-1-2-7-19(17)31-22/h1-2,5,7-9,18H,3-4,6,10-15H2/t18-/m1/s1. The lowest BCUT2D eigenvalue weighted by Crippen LogP contribution is -2.40. The summed E-state index contributed by atoms with van der Waals surface area (Å²) < 4.78 is 33.9. The highest BCUT2D eigenvalue weighted by Crippen LogP contribution is 2.36. The number of hydrogen-bond acceptors (Lipinski definition) is 7. The Hall–Kier alpha value is -1.85. The summed E-state index contributed by atoms with van der Waals surface area (Å²) in [5.74, 6) is 0.0335. The quantitative estimate of drug-likeness (QED) is 0.544. The number of para-hydroxylation sites is 1. The molecule has 32 heavy (non-hydrogen) atoms. The summed E-state index contributed by atoms with van der Waals surface area (Å²) in [4.78, 5) is 20.8. The maximum atomic E-state index is 13.3. The number of aromatic nitrogens is 1.